The molecule has 0 bridgehead atoms. The fourth-order valence-electron chi connectivity index (χ4n) is 5.22. The summed E-state index contributed by atoms with van der Waals surface area (Å²) in [6.45, 7) is 1.94. The highest BCUT2D eigenvalue weighted by Crippen LogP contribution is 2.36. The third-order valence-corrected chi connectivity index (χ3v) is 8.01. The Morgan fingerprint density at radius 3 is 2.52 bits per heavy atom. The molecule has 4 aromatic rings. The van der Waals surface area contributed by atoms with E-state index in [0.717, 1.165) is 48.4 Å². The highest BCUT2D eigenvalue weighted by Gasteiger charge is 2.22. The monoisotopic (exact) mass is 593 g/mol. The van der Waals surface area contributed by atoms with Gasteiger partial charge in [-0.15, -0.1) is 5.10 Å². The lowest BCUT2D eigenvalue weighted by Gasteiger charge is -2.31. The van der Waals surface area contributed by atoms with Crippen molar-refractivity contribution < 1.29 is 22.7 Å². The van der Waals surface area contributed by atoms with Crippen LogP contribution < -0.4 is 25.8 Å². The molecule has 5 rings (SSSR count). The van der Waals surface area contributed by atoms with Gasteiger partial charge in [0.05, 0.1) is 43.9 Å². The van der Waals surface area contributed by atoms with Gasteiger partial charge < -0.3 is 25.8 Å². The van der Waals surface area contributed by atoms with Crippen LogP contribution in [0.25, 0.3) is 16.8 Å². The Bertz CT molecular complexity index is 1700. The van der Waals surface area contributed by atoms with Gasteiger partial charge in [-0.1, -0.05) is 6.07 Å². The number of ether oxygens (including phenoxy) is 2. The minimum Gasteiger partial charge on any atom is -0.497 e. The van der Waals surface area contributed by atoms with Crippen LogP contribution in [0.5, 0.6) is 11.5 Å². The number of rotatable bonds is 11. The Labute approximate surface area is 244 Å². The number of nitrogens with two attached hydrogens (primary N) is 1. The van der Waals surface area contributed by atoms with Crippen molar-refractivity contribution in [3.05, 3.63) is 60.3 Å². The first-order valence-corrected chi connectivity index (χ1v) is 15.6. The van der Waals surface area contributed by atoms with Crippen molar-refractivity contribution in [2.24, 2.45) is 5.73 Å². The molecule has 1 aliphatic rings. The molecule has 1 aliphatic heterocycles. The van der Waals surface area contributed by atoms with Crippen LogP contribution in [0.1, 0.15) is 24.3 Å². The molecule has 4 N–H and O–H groups in total. The molecule has 1 saturated heterocycles. The molecule has 3 heterocycles. The summed E-state index contributed by atoms with van der Waals surface area (Å²) in [5.41, 5.74) is 10.1. The molecule has 12 nitrogen and oxygen atoms in total. The number of fused-ring (bicyclic) bond motifs is 1. The minimum absolute atomic E-state index is 0.222. The number of piperidine rings is 1. The maximum atomic E-state index is 11.8. The zero-order valence-corrected chi connectivity index (χ0v) is 24.6. The van der Waals surface area contributed by atoms with Crippen LogP contribution in [0.2, 0.25) is 0 Å². The standard InChI is InChI=1S/C29H35N7O5S/c1-40-22-6-7-23(25(15-22)32-18-42(3,38)39)26-9-5-21-16-31-29(34-36(21)26)33-24-8-4-20(14-27(24)41-2)19-10-12-35(13-11-19)17-28(30)37/h4-9,14-16,19,32H,10-13,17-18H2,1-3H3,(H2,30,37)(H,33,34). The second-order valence-electron chi connectivity index (χ2n) is 10.4. The maximum Gasteiger partial charge on any atom is 0.245 e. The number of nitrogens with one attached hydrogen (secondary N) is 2. The highest BCUT2D eigenvalue weighted by molar-refractivity contribution is 7.90. The Balaban J connectivity index is 1.39. The number of methoxy groups -OCH3 is 2. The molecule has 2 aromatic carbocycles. The average molecular weight is 594 g/mol. The number of carbonyl (C=O) groups is 1. The molecule has 222 valence electrons. The number of aromatic nitrogens is 3. The number of nitrogens with zero attached hydrogens (tertiary/aromatic N) is 4. The van der Waals surface area contributed by atoms with Gasteiger partial charge in [-0.25, -0.2) is 17.9 Å². The van der Waals surface area contributed by atoms with E-state index in [2.05, 4.69) is 26.6 Å². The van der Waals surface area contributed by atoms with Crippen molar-refractivity contribution in [3.63, 3.8) is 0 Å². The predicted molar refractivity (Wildman–Crippen MR) is 162 cm³/mol. The van der Waals surface area contributed by atoms with Crippen molar-refractivity contribution in [2.75, 3.05) is 56.6 Å². The van der Waals surface area contributed by atoms with E-state index in [-0.39, 0.29) is 11.8 Å². The van der Waals surface area contributed by atoms with Gasteiger partial charge in [0.25, 0.3) is 0 Å². The van der Waals surface area contributed by atoms with Crippen molar-refractivity contribution in [2.45, 2.75) is 18.8 Å². The molecule has 42 heavy (non-hydrogen) atoms. The molecule has 0 radical (unpaired) electrons. The summed E-state index contributed by atoms with van der Waals surface area (Å²) in [7, 11) is -0.0742. The second-order valence-corrected chi connectivity index (χ2v) is 12.5. The van der Waals surface area contributed by atoms with E-state index in [1.165, 1.54) is 11.8 Å². The summed E-state index contributed by atoms with van der Waals surface area (Å²) in [6.07, 6.45) is 4.76. The van der Waals surface area contributed by atoms with E-state index in [9.17, 15) is 13.2 Å². The van der Waals surface area contributed by atoms with Gasteiger partial charge in [0, 0.05) is 23.6 Å². The second kappa shape index (κ2) is 12.2. The van der Waals surface area contributed by atoms with E-state index >= 15 is 0 Å². The largest absolute Gasteiger partial charge is 0.497 e. The van der Waals surface area contributed by atoms with Gasteiger partial charge in [-0.05, 0) is 73.8 Å². The zero-order chi connectivity index (χ0) is 29.9. The van der Waals surface area contributed by atoms with E-state index in [4.69, 9.17) is 20.3 Å². The Hall–Kier alpha value is -4.36. The fourth-order valence-corrected chi connectivity index (χ4v) is 5.64. The number of hydrogen-bond donors (Lipinski definition) is 3. The van der Waals surface area contributed by atoms with Gasteiger partial charge in [0.1, 0.15) is 17.4 Å². The van der Waals surface area contributed by atoms with E-state index in [0.29, 0.717) is 35.6 Å². The third kappa shape index (κ3) is 6.74. The van der Waals surface area contributed by atoms with Gasteiger partial charge >= 0.3 is 0 Å². The molecule has 2 aromatic heterocycles. The molecule has 1 amide bonds. The molecule has 13 heteroatoms. The summed E-state index contributed by atoms with van der Waals surface area (Å²) < 4.78 is 36.5. The first-order chi connectivity index (χ1) is 20.1. The first-order valence-electron chi connectivity index (χ1n) is 13.5. The normalized spacial score (nSPS) is 14.5. The molecule has 0 unspecified atom stereocenters. The van der Waals surface area contributed by atoms with Crippen LogP contribution in [0.15, 0.2) is 54.7 Å². The predicted octanol–water partition coefficient (Wildman–Crippen LogP) is 3.24. The topological polar surface area (TPSA) is 153 Å². The van der Waals surface area contributed by atoms with Gasteiger partial charge in [-0.2, -0.15) is 0 Å². The Morgan fingerprint density at radius 1 is 1.05 bits per heavy atom. The van der Waals surface area contributed by atoms with Crippen LogP contribution in [-0.2, 0) is 14.6 Å². The van der Waals surface area contributed by atoms with Crippen LogP contribution in [0, 0.1) is 0 Å². The van der Waals surface area contributed by atoms with E-state index < -0.39 is 9.84 Å². The SMILES string of the molecule is COc1ccc(-c2ccc3cnc(Nc4ccc(C5CCN(CC(N)=O)CC5)cc4OC)nn23)c(NCS(C)(=O)=O)c1. The summed E-state index contributed by atoms with van der Waals surface area (Å²) in [5.74, 6) is 1.48. The van der Waals surface area contributed by atoms with Crippen LogP contribution in [-0.4, -0.2) is 79.8 Å². The van der Waals surface area contributed by atoms with Gasteiger partial charge in [0.15, 0.2) is 9.84 Å². The lowest BCUT2D eigenvalue weighted by atomic mass is 9.89. The van der Waals surface area contributed by atoms with Gasteiger partial charge in [0.2, 0.25) is 11.9 Å². The Morgan fingerprint density at radius 2 is 1.83 bits per heavy atom. The maximum absolute atomic E-state index is 11.8. The van der Waals surface area contributed by atoms with Crippen LogP contribution in [0.3, 0.4) is 0 Å². The molecule has 0 spiro atoms. The molecule has 0 saturated carbocycles. The van der Waals surface area contributed by atoms with E-state index in [1.807, 2.05) is 36.4 Å². The van der Waals surface area contributed by atoms with Crippen LogP contribution >= 0.6 is 0 Å². The third-order valence-electron chi connectivity index (χ3n) is 7.34. The number of primary amides is 1. The first kappa shape index (κ1) is 29.1. The molecular formula is C29H35N7O5S. The van der Waals surface area contributed by atoms with Gasteiger partial charge in [-0.3, -0.25) is 9.69 Å². The number of benzene rings is 2. The zero-order valence-electron chi connectivity index (χ0n) is 23.8. The van der Waals surface area contributed by atoms with Crippen molar-refractivity contribution in [1.82, 2.24) is 19.5 Å². The molecule has 1 fully saturated rings. The molecule has 0 atom stereocenters. The summed E-state index contributed by atoms with van der Waals surface area (Å²) >= 11 is 0. The quantitative estimate of drug-likeness (QED) is 0.236. The lowest BCUT2D eigenvalue weighted by molar-refractivity contribution is -0.119. The summed E-state index contributed by atoms with van der Waals surface area (Å²) in [6, 6.07) is 15.3. The van der Waals surface area contributed by atoms with Crippen molar-refractivity contribution in [1.29, 1.82) is 0 Å². The molecular weight excluding hydrogens is 558 g/mol. The summed E-state index contributed by atoms with van der Waals surface area (Å²) in [5, 5.41) is 11.0. The molecule has 0 aliphatic carbocycles. The minimum atomic E-state index is -3.26. The fraction of sp³-hybridized carbons (Fsp3) is 0.345. The van der Waals surface area contributed by atoms with Crippen molar-refractivity contribution >= 4 is 38.6 Å². The van der Waals surface area contributed by atoms with E-state index in [1.54, 1.807) is 31.0 Å². The lowest BCUT2D eigenvalue weighted by Crippen LogP contribution is -2.39. The number of sulfone groups is 1. The number of hydrogen-bond acceptors (Lipinski definition) is 10. The van der Waals surface area contributed by atoms with Crippen molar-refractivity contribution in [3.8, 4) is 22.8 Å². The van der Waals surface area contributed by atoms with Crippen LogP contribution in [0.4, 0.5) is 17.3 Å². The highest BCUT2D eigenvalue weighted by atomic mass is 32.2. The smallest absolute Gasteiger partial charge is 0.245 e. The Kier molecular flexibility index (Phi) is 8.50. The average Bonchev–Trinajstić information content (AvgIpc) is 3.39. The number of anilines is 3. The number of likely N-dealkylation sites (tertiary alicyclic amines) is 1. The summed E-state index contributed by atoms with van der Waals surface area (Å²) in [4.78, 5) is 17.8. The number of carbonyl (C=O) groups excluding carboxylic acids is 1. The number of amides is 1.